The van der Waals surface area contributed by atoms with Crippen LogP contribution in [0.4, 0.5) is 0 Å². The van der Waals surface area contributed by atoms with E-state index in [0.29, 0.717) is 6.04 Å². The zero-order valence-electron chi connectivity index (χ0n) is 7.70. The minimum absolute atomic E-state index is 0. The van der Waals surface area contributed by atoms with Gasteiger partial charge in [-0.05, 0) is 11.6 Å². The third-order valence-electron chi connectivity index (χ3n) is 2.20. The van der Waals surface area contributed by atoms with Crippen LogP contribution in [0.3, 0.4) is 0 Å². The number of hydrogen-bond donors (Lipinski definition) is 1. The Kier molecular flexibility index (Phi) is 5.09. The van der Waals surface area contributed by atoms with Crippen molar-refractivity contribution in [2.24, 2.45) is 0 Å². The number of hydrogen-bond acceptors (Lipinski definition) is 2. The first-order valence-corrected chi connectivity index (χ1v) is 5.23. The first-order valence-electron chi connectivity index (χ1n) is 4.43. The summed E-state index contributed by atoms with van der Waals surface area (Å²) in [4.78, 5) is 0. The van der Waals surface area contributed by atoms with Gasteiger partial charge in [0.15, 0.2) is 0 Å². The number of ether oxygens (including phenoxy) is 1. The second kappa shape index (κ2) is 5.85. The van der Waals surface area contributed by atoms with Crippen molar-refractivity contribution in [3.63, 3.8) is 0 Å². The first kappa shape index (κ1) is 12.2. The molecule has 1 heterocycles. The summed E-state index contributed by atoms with van der Waals surface area (Å²) in [5, 5.41) is 3.42. The molecular weight excluding hydrogens is 310 g/mol. The Bertz CT molecular complexity index is 287. The average molecular weight is 323 g/mol. The lowest BCUT2D eigenvalue weighted by Crippen LogP contribution is -2.34. The zero-order chi connectivity index (χ0) is 9.10. The highest BCUT2D eigenvalue weighted by molar-refractivity contribution is 9.10. The fourth-order valence-electron chi connectivity index (χ4n) is 1.52. The fraction of sp³-hybridized carbons (Fsp3) is 0.400. The summed E-state index contributed by atoms with van der Waals surface area (Å²) in [5.41, 5.74) is 1.28. The van der Waals surface area contributed by atoms with Crippen LogP contribution >= 0.6 is 32.9 Å². The highest BCUT2D eigenvalue weighted by Crippen LogP contribution is 2.24. The number of nitrogens with one attached hydrogen (secondary N) is 1. The van der Waals surface area contributed by atoms with Crippen molar-refractivity contribution >= 4 is 32.9 Å². The second-order valence-electron chi connectivity index (χ2n) is 3.10. The molecule has 1 aromatic rings. The summed E-state index contributed by atoms with van der Waals surface area (Å²) in [7, 11) is 0. The van der Waals surface area contributed by atoms with E-state index < -0.39 is 0 Å². The summed E-state index contributed by atoms with van der Waals surface area (Å²) in [6.45, 7) is 2.52. The smallest absolute Gasteiger partial charge is 0.0662 e. The molecule has 0 bridgehead atoms. The Labute approximate surface area is 103 Å². The molecule has 1 aromatic carbocycles. The first-order chi connectivity index (χ1) is 6.38. The second-order valence-corrected chi connectivity index (χ2v) is 3.96. The molecule has 14 heavy (non-hydrogen) atoms. The van der Waals surface area contributed by atoms with Gasteiger partial charge in [-0.2, -0.15) is 0 Å². The quantitative estimate of drug-likeness (QED) is 0.858. The van der Waals surface area contributed by atoms with E-state index in [4.69, 9.17) is 4.74 Å². The van der Waals surface area contributed by atoms with Crippen LogP contribution in [0, 0.1) is 0 Å². The highest BCUT2D eigenvalue weighted by Gasteiger charge is 2.16. The third kappa shape index (κ3) is 2.79. The van der Waals surface area contributed by atoms with Crippen LogP contribution in [-0.4, -0.2) is 19.8 Å². The molecular formula is C10H13Br2NO. The van der Waals surface area contributed by atoms with Crippen molar-refractivity contribution in [1.29, 1.82) is 0 Å². The van der Waals surface area contributed by atoms with E-state index in [2.05, 4.69) is 39.4 Å². The lowest BCUT2D eigenvalue weighted by Gasteiger charge is -2.24. The molecule has 0 spiro atoms. The Balaban J connectivity index is 0.000000980. The summed E-state index contributed by atoms with van der Waals surface area (Å²) in [6.07, 6.45) is 0. The molecule has 1 atom stereocenters. The normalized spacial score (nSPS) is 21.4. The Hall–Kier alpha value is 0.1000. The van der Waals surface area contributed by atoms with Crippen LogP contribution in [0.15, 0.2) is 28.7 Å². The Morgan fingerprint density at radius 1 is 1.36 bits per heavy atom. The van der Waals surface area contributed by atoms with Gasteiger partial charge in [-0.3, -0.25) is 0 Å². The maximum absolute atomic E-state index is 5.41. The topological polar surface area (TPSA) is 21.3 Å². The number of halogens is 2. The van der Waals surface area contributed by atoms with Crippen LogP contribution in [0.2, 0.25) is 0 Å². The van der Waals surface area contributed by atoms with E-state index >= 15 is 0 Å². The maximum atomic E-state index is 5.41. The molecule has 1 unspecified atom stereocenters. The molecule has 1 aliphatic heterocycles. The van der Waals surface area contributed by atoms with E-state index in [1.165, 1.54) is 5.56 Å². The van der Waals surface area contributed by atoms with Crippen molar-refractivity contribution in [1.82, 2.24) is 5.32 Å². The van der Waals surface area contributed by atoms with Crippen molar-refractivity contribution < 1.29 is 4.74 Å². The number of benzene rings is 1. The minimum atomic E-state index is 0. The van der Waals surface area contributed by atoms with Gasteiger partial charge in [0.2, 0.25) is 0 Å². The van der Waals surface area contributed by atoms with Gasteiger partial charge >= 0.3 is 0 Å². The molecule has 0 aromatic heterocycles. The predicted molar refractivity (Wildman–Crippen MR) is 66.0 cm³/mol. The molecule has 4 heteroatoms. The van der Waals surface area contributed by atoms with Gasteiger partial charge in [0.1, 0.15) is 0 Å². The van der Waals surface area contributed by atoms with Gasteiger partial charge in [-0.25, -0.2) is 0 Å². The van der Waals surface area contributed by atoms with E-state index in [9.17, 15) is 0 Å². The molecule has 0 radical (unpaired) electrons. The molecule has 1 aliphatic rings. The summed E-state index contributed by atoms with van der Waals surface area (Å²) < 4.78 is 6.56. The number of rotatable bonds is 1. The molecule has 0 amide bonds. The van der Waals surface area contributed by atoms with E-state index in [0.717, 1.165) is 24.2 Å². The van der Waals surface area contributed by atoms with Crippen LogP contribution < -0.4 is 5.32 Å². The van der Waals surface area contributed by atoms with Crippen LogP contribution in [0.5, 0.6) is 0 Å². The monoisotopic (exact) mass is 321 g/mol. The molecule has 1 fully saturated rings. The van der Waals surface area contributed by atoms with Crippen molar-refractivity contribution in [3.05, 3.63) is 34.3 Å². The predicted octanol–water partition coefficient (Wildman–Crippen LogP) is 2.69. The standard InChI is InChI=1S/C10H12BrNO.BrH/c11-9-4-2-1-3-8(9)10-7-13-6-5-12-10;/h1-4,10,12H,5-7H2;1H. The number of morpholine rings is 1. The molecule has 2 nitrogen and oxygen atoms in total. The van der Waals surface area contributed by atoms with Gasteiger partial charge in [0.25, 0.3) is 0 Å². The van der Waals surface area contributed by atoms with E-state index in [1.54, 1.807) is 0 Å². The van der Waals surface area contributed by atoms with Crippen LogP contribution in [0.1, 0.15) is 11.6 Å². The van der Waals surface area contributed by atoms with Crippen LogP contribution in [0.25, 0.3) is 0 Å². The molecule has 0 aliphatic carbocycles. The largest absolute Gasteiger partial charge is 0.378 e. The van der Waals surface area contributed by atoms with Crippen molar-refractivity contribution in [2.75, 3.05) is 19.8 Å². The summed E-state index contributed by atoms with van der Waals surface area (Å²) in [6, 6.07) is 8.60. The SMILES string of the molecule is Br.Brc1ccccc1C1COCCN1. The van der Waals surface area contributed by atoms with Gasteiger partial charge < -0.3 is 10.1 Å². The van der Waals surface area contributed by atoms with Gasteiger partial charge in [0, 0.05) is 11.0 Å². The van der Waals surface area contributed by atoms with Crippen molar-refractivity contribution in [3.8, 4) is 0 Å². The Morgan fingerprint density at radius 3 is 2.79 bits per heavy atom. The summed E-state index contributed by atoms with van der Waals surface area (Å²) >= 11 is 3.54. The lowest BCUT2D eigenvalue weighted by molar-refractivity contribution is 0.0767. The molecule has 0 saturated carbocycles. The lowest BCUT2D eigenvalue weighted by atomic mass is 10.1. The van der Waals surface area contributed by atoms with Gasteiger partial charge in [-0.15, -0.1) is 17.0 Å². The van der Waals surface area contributed by atoms with Gasteiger partial charge in [-0.1, -0.05) is 34.1 Å². The van der Waals surface area contributed by atoms with Gasteiger partial charge in [0.05, 0.1) is 19.3 Å². The molecule has 78 valence electrons. The maximum Gasteiger partial charge on any atom is 0.0662 e. The van der Waals surface area contributed by atoms with Crippen LogP contribution in [-0.2, 0) is 4.74 Å². The average Bonchev–Trinajstić information content (AvgIpc) is 2.20. The highest BCUT2D eigenvalue weighted by atomic mass is 79.9. The third-order valence-corrected chi connectivity index (χ3v) is 2.92. The molecule has 1 saturated heterocycles. The minimum Gasteiger partial charge on any atom is -0.378 e. The fourth-order valence-corrected chi connectivity index (χ4v) is 2.08. The van der Waals surface area contributed by atoms with Crippen molar-refractivity contribution in [2.45, 2.75) is 6.04 Å². The Morgan fingerprint density at radius 2 is 2.14 bits per heavy atom. The van der Waals surface area contributed by atoms with E-state index in [-0.39, 0.29) is 17.0 Å². The molecule has 2 rings (SSSR count). The zero-order valence-corrected chi connectivity index (χ0v) is 11.0. The molecule has 1 N–H and O–H groups in total. The summed E-state index contributed by atoms with van der Waals surface area (Å²) in [5.74, 6) is 0. The van der Waals surface area contributed by atoms with E-state index in [1.807, 2.05) is 6.07 Å².